The highest BCUT2D eigenvalue weighted by molar-refractivity contribution is 6.04. The van der Waals surface area contributed by atoms with Gasteiger partial charge in [0.15, 0.2) is 0 Å². The van der Waals surface area contributed by atoms with E-state index in [2.05, 4.69) is 4.98 Å². The van der Waals surface area contributed by atoms with E-state index in [9.17, 15) is 27.9 Å². The molecule has 0 saturated heterocycles. The van der Waals surface area contributed by atoms with E-state index in [0.29, 0.717) is 16.5 Å². The minimum Gasteiger partial charge on any atom is -0.478 e. The van der Waals surface area contributed by atoms with Crippen molar-refractivity contribution in [3.8, 4) is 0 Å². The van der Waals surface area contributed by atoms with Crippen molar-refractivity contribution in [1.82, 2.24) is 4.98 Å². The maximum atomic E-state index is 13.7. The Morgan fingerprint density at radius 3 is 2.23 bits per heavy atom. The normalized spacial score (nSPS) is 12.1. The summed E-state index contributed by atoms with van der Waals surface area (Å²) in [5, 5.41) is 10.3. The van der Waals surface area contributed by atoms with Crippen LogP contribution in [0, 0.1) is 0 Å². The third-order valence-electron chi connectivity index (χ3n) is 4.49. The van der Waals surface area contributed by atoms with Gasteiger partial charge in [-0.1, -0.05) is 30.3 Å². The summed E-state index contributed by atoms with van der Waals surface area (Å²) >= 11 is 0. The van der Waals surface area contributed by atoms with E-state index in [0.717, 1.165) is 12.1 Å². The number of rotatable bonds is 4. The van der Waals surface area contributed by atoms with Gasteiger partial charge in [0.1, 0.15) is 5.60 Å². The number of ether oxygens (including phenoxy) is 1. The van der Waals surface area contributed by atoms with Gasteiger partial charge >= 0.3 is 18.1 Å². The minimum absolute atomic E-state index is 0.00982. The first-order valence-corrected chi connectivity index (χ1v) is 9.40. The molecule has 3 aromatic rings. The van der Waals surface area contributed by atoms with Gasteiger partial charge in [0.25, 0.3) is 0 Å². The number of carboxylic acids is 1. The zero-order valence-electron chi connectivity index (χ0n) is 17.1. The van der Waals surface area contributed by atoms with E-state index in [4.69, 9.17) is 4.74 Å². The van der Waals surface area contributed by atoms with Crippen molar-refractivity contribution >= 4 is 22.7 Å². The smallest absolute Gasteiger partial charge is 0.417 e. The molecule has 1 N–H and O–H groups in total. The van der Waals surface area contributed by atoms with Crippen molar-refractivity contribution in [2.75, 3.05) is 0 Å². The van der Waals surface area contributed by atoms with Crippen molar-refractivity contribution in [3.63, 3.8) is 0 Å². The molecule has 3 rings (SSSR count). The summed E-state index contributed by atoms with van der Waals surface area (Å²) in [5.74, 6) is -2.20. The van der Waals surface area contributed by atoms with Crippen molar-refractivity contribution in [1.29, 1.82) is 0 Å². The van der Waals surface area contributed by atoms with E-state index in [1.165, 1.54) is 12.3 Å². The minimum atomic E-state index is -4.76. The zero-order valence-corrected chi connectivity index (χ0v) is 17.1. The molecule has 0 unspecified atom stereocenters. The molecular weight excluding hydrogens is 411 g/mol. The Balaban J connectivity index is 2.05. The lowest BCUT2D eigenvalue weighted by atomic mass is 9.97. The number of hydrogen-bond donors (Lipinski definition) is 1. The van der Waals surface area contributed by atoms with Gasteiger partial charge in [-0.05, 0) is 43.9 Å². The predicted octanol–water partition coefficient (Wildman–Crippen LogP) is 5.50. The molecule has 0 aliphatic rings. The Hall–Kier alpha value is -3.42. The highest BCUT2D eigenvalue weighted by atomic mass is 19.4. The van der Waals surface area contributed by atoms with Crippen LogP contribution < -0.4 is 0 Å². The van der Waals surface area contributed by atoms with Crippen LogP contribution in [0.4, 0.5) is 13.2 Å². The van der Waals surface area contributed by atoms with Crippen LogP contribution in [-0.4, -0.2) is 27.6 Å². The van der Waals surface area contributed by atoms with Crippen molar-refractivity contribution in [2.45, 2.75) is 39.0 Å². The van der Waals surface area contributed by atoms with E-state index in [-0.39, 0.29) is 17.5 Å². The average Bonchev–Trinajstić information content (AvgIpc) is 2.66. The molecule has 0 aliphatic heterocycles. The lowest BCUT2D eigenvalue weighted by Crippen LogP contribution is -2.26. The monoisotopic (exact) mass is 431 g/mol. The number of aromatic nitrogens is 1. The van der Waals surface area contributed by atoms with Gasteiger partial charge in [-0.3, -0.25) is 4.98 Å². The maximum absolute atomic E-state index is 13.7. The molecule has 1 heterocycles. The molecule has 0 fully saturated rings. The molecule has 0 aliphatic carbocycles. The van der Waals surface area contributed by atoms with E-state index in [1.54, 1.807) is 45.0 Å². The predicted molar refractivity (Wildman–Crippen MR) is 108 cm³/mol. The van der Waals surface area contributed by atoms with Crippen molar-refractivity contribution in [2.24, 2.45) is 0 Å². The first-order valence-electron chi connectivity index (χ1n) is 9.40. The lowest BCUT2D eigenvalue weighted by Gasteiger charge is -2.21. The quantitative estimate of drug-likeness (QED) is 0.552. The second-order valence-corrected chi connectivity index (χ2v) is 8.03. The zero-order chi connectivity index (χ0) is 23.0. The van der Waals surface area contributed by atoms with E-state index in [1.807, 2.05) is 0 Å². The third kappa shape index (κ3) is 5.02. The Labute approximate surface area is 176 Å². The fourth-order valence-corrected chi connectivity index (χ4v) is 3.20. The molecule has 0 saturated carbocycles. The van der Waals surface area contributed by atoms with Crippen molar-refractivity contribution in [3.05, 3.63) is 76.6 Å². The number of hydrogen-bond acceptors (Lipinski definition) is 4. The van der Waals surface area contributed by atoms with Crippen LogP contribution in [0.1, 0.15) is 58.3 Å². The molecular formula is C23H20F3NO4. The molecule has 31 heavy (non-hydrogen) atoms. The first kappa shape index (κ1) is 22.3. The summed E-state index contributed by atoms with van der Waals surface area (Å²) in [7, 11) is 0. The number of fused-ring (bicyclic) bond motifs is 1. The van der Waals surface area contributed by atoms with Crippen LogP contribution in [0.25, 0.3) is 10.8 Å². The number of esters is 1. The highest BCUT2D eigenvalue weighted by Gasteiger charge is 2.36. The third-order valence-corrected chi connectivity index (χ3v) is 4.49. The number of halogens is 3. The number of carbonyl (C=O) groups excluding carboxylic acids is 1. The number of benzene rings is 2. The average molecular weight is 431 g/mol. The maximum Gasteiger partial charge on any atom is 0.417 e. The highest BCUT2D eigenvalue weighted by Crippen LogP contribution is 2.34. The topological polar surface area (TPSA) is 76.5 Å². The molecule has 8 heteroatoms. The van der Waals surface area contributed by atoms with E-state index >= 15 is 0 Å². The fourth-order valence-electron chi connectivity index (χ4n) is 3.20. The van der Waals surface area contributed by atoms with Crippen LogP contribution >= 0.6 is 0 Å². The van der Waals surface area contributed by atoms with Gasteiger partial charge in [0.05, 0.1) is 22.4 Å². The molecule has 0 bridgehead atoms. The number of carboxylic acid groups (broad SMARTS) is 1. The van der Waals surface area contributed by atoms with Crippen LogP contribution in [0.2, 0.25) is 0 Å². The van der Waals surface area contributed by atoms with Crippen LogP contribution in [0.5, 0.6) is 0 Å². The van der Waals surface area contributed by atoms with Gasteiger partial charge in [0, 0.05) is 18.0 Å². The summed E-state index contributed by atoms with van der Waals surface area (Å²) in [6, 6.07) is 10.1. The Morgan fingerprint density at radius 1 is 1.00 bits per heavy atom. The van der Waals surface area contributed by atoms with Gasteiger partial charge in [-0.2, -0.15) is 13.2 Å². The van der Waals surface area contributed by atoms with Crippen LogP contribution in [0.15, 0.2) is 48.7 Å². The first-order chi connectivity index (χ1) is 14.4. The Kier molecular flexibility index (Phi) is 5.76. The number of pyridine rings is 1. The SMILES string of the molecule is CC(C)(C)OC(=O)c1ccc(Cc2ncc(C(=O)O)c3ccccc23)cc1C(F)(F)F. The second kappa shape index (κ2) is 8.02. The van der Waals surface area contributed by atoms with Crippen molar-refractivity contribution < 1.29 is 32.6 Å². The standard InChI is InChI=1S/C23H20F3NO4/c1-22(2,3)31-21(30)16-9-8-13(10-18(16)23(24,25)26)11-19-15-7-5-4-6-14(15)17(12-27-19)20(28)29/h4-10,12H,11H2,1-3H3,(H,28,29). The van der Waals surface area contributed by atoms with Gasteiger partial charge < -0.3 is 9.84 Å². The molecule has 2 aromatic carbocycles. The number of alkyl halides is 3. The second-order valence-electron chi connectivity index (χ2n) is 8.03. The number of aromatic carboxylic acids is 1. The molecule has 0 amide bonds. The summed E-state index contributed by atoms with van der Waals surface area (Å²) < 4.78 is 46.1. The summed E-state index contributed by atoms with van der Waals surface area (Å²) in [6.07, 6.45) is -3.54. The van der Waals surface area contributed by atoms with E-state index < -0.39 is 34.8 Å². The molecule has 0 radical (unpaired) electrons. The lowest BCUT2D eigenvalue weighted by molar-refractivity contribution is -0.138. The fraction of sp³-hybridized carbons (Fsp3) is 0.261. The summed E-state index contributed by atoms with van der Waals surface area (Å²) in [6.45, 7) is 4.72. The number of carbonyl (C=O) groups is 2. The summed E-state index contributed by atoms with van der Waals surface area (Å²) in [5.41, 5.74) is -1.88. The molecule has 5 nitrogen and oxygen atoms in total. The molecule has 162 valence electrons. The molecule has 1 aromatic heterocycles. The Bertz CT molecular complexity index is 1160. The number of nitrogens with zero attached hydrogens (tertiary/aromatic N) is 1. The molecule has 0 atom stereocenters. The van der Waals surface area contributed by atoms with Crippen LogP contribution in [0.3, 0.4) is 0 Å². The molecule has 0 spiro atoms. The van der Waals surface area contributed by atoms with Gasteiger partial charge in [-0.25, -0.2) is 9.59 Å². The summed E-state index contributed by atoms with van der Waals surface area (Å²) in [4.78, 5) is 27.9. The Morgan fingerprint density at radius 2 is 1.65 bits per heavy atom. The largest absolute Gasteiger partial charge is 0.478 e. The van der Waals surface area contributed by atoms with Gasteiger partial charge in [0.2, 0.25) is 0 Å². The van der Waals surface area contributed by atoms with Gasteiger partial charge in [-0.15, -0.1) is 0 Å². The van der Waals surface area contributed by atoms with Crippen LogP contribution in [-0.2, 0) is 17.3 Å².